The van der Waals surface area contributed by atoms with E-state index in [9.17, 15) is 9.18 Å². The molecule has 1 aromatic rings. The second-order valence-corrected chi connectivity index (χ2v) is 5.57. The standard InChI is InChI=1S/C16H22FNO/c1-4-16(5-2)9-10-18(11-16)15-13(12(3)19)7-6-8-14(15)17/h6-8H,4-5,9-11H2,1-3H3. The first kappa shape index (κ1) is 14.0. The van der Waals surface area contributed by atoms with Crippen molar-refractivity contribution in [2.24, 2.45) is 5.41 Å². The van der Waals surface area contributed by atoms with Gasteiger partial charge in [0.1, 0.15) is 5.82 Å². The molecule has 1 aromatic carbocycles. The molecule has 0 spiro atoms. The number of benzene rings is 1. The molecule has 0 N–H and O–H groups in total. The minimum atomic E-state index is -0.282. The highest BCUT2D eigenvalue weighted by Crippen LogP contribution is 2.40. The van der Waals surface area contributed by atoms with Gasteiger partial charge >= 0.3 is 0 Å². The molecule has 0 saturated carbocycles. The van der Waals surface area contributed by atoms with Crippen molar-refractivity contribution >= 4 is 11.5 Å². The van der Waals surface area contributed by atoms with Crippen LogP contribution >= 0.6 is 0 Å². The Morgan fingerprint density at radius 1 is 1.37 bits per heavy atom. The van der Waals surface area contributed by atoms with Gasteiger partial charge in [0.2, 0.25) is 0 Å². The Bertz CT molecular complexity index is 480. The van der Waals surface area contributed by atoms with E-state index in [0.717, 1.165) is 32.4 Å². The smallest absolute Gasteiger partial charge is 0.161 e. The lowest BCUT2D eigenvalue weighted by atomic mass is 9.82. The maximum Gasteiger partial charge on any atom is 0.161 e. The molecular weight excluding hydrogens is 241 g/mol. The predicted molar refractivity (Wildman–Crippen MR) is 76.2 cm³/mol. The number of carbonyl (C=O) groups excluding carboxylic acids is 1. The van der Waals surface area contributed by atoms with Crippen molar-refractivity contribution in [3.63, 3.8) is 0 Å². The van der Waals surface area contributed by atoms with E-state index < -0.39 is 0 Å². The molecule has 104 valence electrons. The Morgan fingerprint density at radius 3 is 2.58 bits per heavy atom. The second-order valence-electron chi connectivity index (χ2n) is 5.57. The van der Waals surface area contributed by atoms with Crippen LogP contribution in [0.3, 0.4) is 0 Å². The van der Waals surface area contributed by atoms with E-state index in [4.69, 9.17) is 0 Å². The third kappa shape index (κ3) is 2.51. The van der Waals surface area contributed by atoms with Gasteiger partial charge in [-0.15, -0.1) is 0 Å². The molecule has 0 atom stereocenters. The van der Waals surface area contributed by atoms with E-state index in [-0.39, 0.29) is 17.0 Å². The zero-order valence-electron chi connectivity index (χ0n) is 12.0. The lowest BCUT2D eigenvalue weighted by Crippen LogP contribution is -2.28. The molecule has 1 fully saturated rings. The van der Waals surface area contributed by atoms with Crippen LogP contribution in [0.2, 0.25) is 0 Å². The van der Waals surface area contributed by atoms with Gasteiger partial charge in [0, 0.05) is 18.7 Å². The van der Waals surface area contributed by atoms with Crippen molar-refractivity contribution in [1.82, 2.24) is 0 Å². The number of rotatable bonds is 4. The summed E-state index contributed by atoms with van der Waals surface area (Å²) in [6, 6.07) is 4.77. The lowest BCUT2D eigenvalue weighted by Gasteiger charge is -2.28. The summed E-state index contributed by atoms with van der Waals surface area (Å²) in [4.78, 5) is 13.7. The summed E-state index contributed by atoms with van der Waals surface area (Å²) in [6.07, 6.45) is 3.28. The number of hydrogen-bond acceptors (Lipinski definition) is 2. The Hall–Kier alpha value is -1.38. The molecule has 1 aliphatic rings. The first-order valence-electron chi connectivity index (χ1n) is 7.07. The summed E-state index contributed by atoms with van der Waals surface area (Å²) < 4.78 is 14.1. The van der Waals surface area contributed by atoms with Crippen LogP contribution in [0.15, 0.2) is 18.2 Å². The molecular formula is C16H22FNO. The topological polar surface area (TPSA) is 20.3 Å². The van der Waals surface area contributed by atoms with Crippen LogP contribution in [0.5, 0.6) is 0 Å². The normalized spacial score (nSPS) is 17.8. The number of ketones is 1. The van der Waals surface area contributed by atoms with Gasteiger partial charge in [0.05, 0.1) is 5.69 Å². The van der Waals surface area contributed by atoms with Crippen molar-refractivity contribution in [2.45, 2.75) is 40.0 Å². The molecule has 1 heterocycles. The van der Waals surface area contributed by atoms with Gasteiger partial charge in [0.15, 0.2) is 5.78 Å². The maximum absolute atomic E-state index is 14.1. The van der Waals surface area contributed by atoms with Gasteiger partial charge in [-0.25, -0.2) is 4.39 Å². The van der Waals surface area contributed by atoms with Crippen molar-refractivity contribution in [2.75, 3.05) is 18.0 Å². The molecule has 0 amide bonds. The van der Waals surface area contributed by atoms with Gasteiger partial charge in [-0.05, 0) is 43.7 Å². The largest absolute Gasteiger partial charge is 0.368 e. The Kier molecular flexibility index (Phi) is 3.93. The van der Waals surface area contributed by atoms with E-state index in [0.29, 0.717) is 11.3 Å². The highest BCUT2D eigenvalue weighted by Gasteiger charge is 2.36. The number of nitrogens with zero attached hydrogens (tertiary/aromatic N) is 1. The quantitative estimate of drug-likeness (QED) is 0.764. The van der Waals surface area contributed by atoms with Crippen LogP contribution in [0.25, 0.3) is 0 Å². The molecule has 0 bridgehead atoms. The van der Waals surface area contributed by atoms with Crippen molar-refractivity contribution in [3.8, 4) is 0 Å². The third-order valence-electron chi connectivity index (χ3n) is 4.62. The van der Waals surface area contributed by atoms with Crippen LogP contribution in [0.1, 0.15) is 50.4 Å². The van der Waals surface area contributed by atoms with Gasteiger partial charge in [-0.1, -0.05) is 19.9 Å². The minimum absolute atomic E-state index is 0.0694. The van der Waals surface area contributed by atoms with Crippen molar-refractivity contribution in [3.05, 3.63) is 29.6 Å². The highest BCUT2D eigenvalue weighted by atomic mass is 19.1. The molecule has 19 heavy (non-hydrogen) atoms. The molecule has 3 heteroatoms. The Labute approximate surface area is 114 Å². The molecule has 0 aliphatic carbocycles. The highest BCUT2D eigenvalue weighted by molar-refractivity contribution is 5.99. The fraction of sp³-hybridized carbons (Fsp3) is 0.562. The number of halogens is 1. The number of Topliss-reactive ketones (excluding diaryl/α,β-unsaturated/α-hetero) is 1. The Balaban J connectivity index is 2.36. The first-order chi connectivity index (χ1) is 9.03. The molecule has 2 rings (SSSR count). The molecule has 1 aliphatic heterocycles. The molecule has 1 saturated heterocycles. The number of carbonyl (C=O) groups is 1. The second kappa shape index (κ2) is 5.32. The number of para-hydroxylation sites is 1. The third-order valence-corrected chi connectivity index (χ3v) is 4.62. The summed E-state index contributed by atoms with van der Waals surface area (Å²) in [6.45, 7) is 7.58. The van der Waals surface area contributed by atoms with E-state index in [2.05, 4.69) is 18.7 Å². The van der Waals surface area contributed by atoms with Crippen molar-refractivity contribution < 1.29 is 9.18 Å². The SMILES string of the molecule is CCC1(CC)CCN(c2c(F)cccc2C(C)=O)C1. The maximum atomic E-state index is 14.1. The van der Waals surface area contributed by atoms with Crippen LogP contribution in [0, 0.1) is 11.2 Å². The number of anilines is 1. The fourth-order valence-electron chi connectivity index (χ4n) is 3.07. The Morgan fingerprint density at radius 2 is 2.05 bits per heavy atom. The van der Waals surface area contributed by atoms with Crippen LogP contribution in [-0.4, -0.2) is 18.9 Å². The summed E-state index contributed by atoms with van der Waals surface area (Å²) in [5, 5.41) is 0. The van der Waals surface area contributed by atoms with Gasteiger partial charge in [0.25, 0.3) is 0 Å². The molecule has 2 nitrogen and oxygen atoms in total. The monoisotopic (exact) mass is 263 g/mol. The van der Waals surface area contributed by atoms with E-state index in [1.807, 2.05) is 0 Å². The van der Waals surface area contributed by atoms with Gasteiger partial charge in [-0.3, -0.25) is 4.79 Å². The summed E-state index contributed by atoms with van der Waals surface area (Å²) in [5.41, 5.74) is 1.28. The van der Waals surface area contributed by atoms with Crippen LogP contribution < -0.4 is 4.90 Å². The van der Waals surface area contributed by atoms with Crippen molar-refractivity contribution in [1.29, 1.82) is 0 Å². The van der Waals surface area contributed by atoms with Gasteiger partial charge < -0.3 is 4.90 Å². The zero-order chi connectivity index (χ0) is 14.0. The van der Waals surface area contributed by atoms with Gasteiger partial charge in [-0.2, -0.15) is 0 Å². The van der Waals surface area contributed by atoms with E-state index >= 15 is 0 Å². The average molecular weight is 263 g/mol. The molecule has 0 unspecified atom stereocenters. The van der Waals surface area contributed by atoms with E-state index in [1.54, 1.807) is 12.1 Å². The number of hydrogen-bond donors (Lipinski definition) is 0. The zero-order valence-corrected chi connectivity index (χ0v) is 12.0. The summed E-state index contributed by atoms with van der Waals surface area (Å²) >= 11 is 0. The minimum Gasteiger partial charge on any atom is -0.368 e. The first-order valence-corrected chi connectivity index (χ1v) is 7.07. The average Bonchev–Trinajstić information content (AvgIpc) is 2.83. The predicted octanol–water partition coefficient (Wildman–Crippen LogP) is 4.04. The lowest BCUT2D eigenvalue weighted by molar-refractivity contribution is 0.101. The van der Waals surface area contributed by atoms with Crippen LogP contribution in [-0.2, 0) is 0 Å². The molecule has 0 radical (unpaired) electrons. The fourth-order valence-corrected chi connectivity index (χ4v) is 3.07. The summed E-state index contributed by atoms with van der Waals surface area (Å²) in [5.74, 6) is -0.351. The van der Waals surface area contributed by atoms with Crippen LogP contribution in [0.4, 0.5) is 10.1 Å². The molecule has 0 aromatic heterocycles. The summed E-state index contributed by atoms with van der Waals surface area (Å²) in [7, 11) is 0. The van der Waals surface area contributed by atoms with E-state index in [1.165, 1.54) is 13.0 Å².